The van der Waals surface area contributed by atoms with E-state index in [1.54, 1.807) is 6.20 Å². The Hall–Kier alpha value is -2.34. The van der Waals surface area contributed by atoms with Gasteiger partial charge >= 0.3 is 0 Å². The molecule has 1 aromatic carbocycles. The molecular formula is C18H19N3. The lowest BCUT2D eigenvalue weighted by Crippen LogP contribution is -2.31. The maximum atomic E-state index is 8.83. The molecule has 1 fully saturated rings. The lowest BCUT2D eigenvalue weighted by Gasteiger charge is -2.33. The number of nitriles is 1. The summed E-state index contributed by atoms with van der Waals surface area (Å²) in [4.78, 5) is 4.34. The lowest BCUT2D eigenvalue weighted by atomic mass is 9.80. The van der Waals surface area contributed by atoms with Gasteiger partial charge in [0, 0.05) is 18.2 Å². The number of nitrogens with one attached hydrogen (secondary N) is 1. The summed E-state index contributed by atoms with van der Waals surface area (Å²) in [5, 5.41) is 12.4. The second-order valence-corrected chi connectivity index (χ2v) is 5.60. The van der Waals surface area contributed by atoms with Crippen LogP contribution in [0.4, 0.5) is 5.82 Å². The maximum absolute atomic E-state index is 8.83. The third-order valence-corrected chi connectivity index (χ3v) is 4.22. The van der Waals surface area contributed by atoms with Crippen molar-refractivity contribution < 1.29 is 0 Å². The van der Waals surface area contributed by atoms with Crippen LogP contribution < -0.4 is 5.32 Å². The highest BCUT2D eigenvalue weighted by atomic mass is 15.0. The van der Waals surface area contributed by atoms with Crippen molar-refractivity contribution in [3.8, 4) is 6.07 Å². The fourth-order valence-corrected chi connectivity index (χ4v) is 3.14. The molecule has 1 N–H and O–H groups in total. The van der Waals surface area contributed by atoms with E-state index < -0.39 is 0 Å². The molecule has 1 heterocycles. The van der Waals surface area contributed by atoms with Crippen LogP contribution in [0.5, 0.6) is 0 Å². The van der Waals surface area contributed by atoms with E-state index in [1.807, 2.05) is 12.1 Å². The Kier molecular flexibility index (Phi) is 4.16. The molecule has 2 atom stereocenters. The summed E-state index contributed by atoms with van der Waals surface area (Å²) in [6.45, 7) is 0. The van der Waals surface area contributed by atoms with Gasteiger partial charge in [0.1, 0.15) is 11.9 Å². The van der Waals surface area contributed by atoms with Crippen molar-refractivity contribution in [1.82, 2.24) is 4.98 Å². The minimum absolute atomic E-state index is 0.418. The van der Waals surface area contributed by atoms with Gasteiger partial charge in [0.25, 0.3) is 0 Å². The first kappa shape index (κ1) is 13.6. The Morgan fingerprint density at radius 3 is 2.57 bits per heavy atom. The second kappa shape index (κ2) is 6.41. The van der Waals surface area contributed by atoms with Gasteiger partial charge in [-0.1, -0.05) is 43.2 Å². The summed E-state index contributed by atoms with van der Waals surface area (Å²) < 4.78 is 0. The largest absolute Gasteiger partial charge is 0.367 e. The van der Waals surface area contributed by atoms with Crippen LogP contribution in [0.3, 0.4) is 0 Å². The SMILES string of the molecule is N#Cc1ccc(N[C@@H]2CCCC[C@H]2c2ccccc2)nc1. The maximum Gasteiger partial charge on any atom is 0.126 e. The monoisotopic (exact) mass is 277 g/mol. The van der Waals surface area contributed by atoms with Gasteiger partial charge in [0.2, 0.25) is 0 Å². The van der Waals surface area contributed by atoms with Crippen LogP contribution in [0.2, 0.25) is 0 Å². The molecule has 3 nitrogen and oxygen atoms in total. The molecule has 3 heteroatoms. The van der Waals surface area contributed by atoms with Crippen molar-refractivity contribution in [2.24, 2.45) is 0 Å². The van der Waals surface area contributed by atoms with E-state index in [1.165, 1.54) is 31.2 Å². The summed E-state index contributed by atoms with van der Waals surface area (Å²) in [5.41, 5.74) is 2.01. The van der Waals surface area contributed by atoms with Gasteiger partial charge in [0.15, 0.2) is 0 Å². The summed E-state index contributed by atoms with van der Waals surface area (Å²) in [7, 11) is 0. The van der Waals surface area contributed by atoms with E-state index in [4.69, 9.17) is 5.26 Å². The molecular weight excluding hydrogens is 258 g/mol. The van der Waals surface area contributed by atoms with Gasteiger partial charge in [-0.3, -0.25) is 0 Å². The van der Waals surface area contributed by atoms with Crippen LogP contribution in [0, 0.1) is 11.3 Å². The van der Waals surface area contributed by atoms with Gasteiger partial charge in [-0.25, -0.2) is 4.98 Å². The molecule has 1 aromatic heterocycles. The van der Waals surface area contributed by atoms with Crippen LogP contribution in [-0.2, 0) is 0 Å². The Labute approximate surface area is 125 Å². The normalized spacial score (nSPS) is 21.5. The fraction of sp³-hybridized carbons (Fsp3) is 0.333. The van der Waals surface area contributed by atoms with Gasteiger partial charge in [-0.2, -0.15) is 5.26 Å². The minimum atomic E-state index is 0.418. The van der Waals surface area contributed by atoms with Crippen molar-refractivity contribution in [1.29, 1.82) is 5.26 Å². The third kappa shape index (κ3) is 3.22. The zero-order valence-electron chi connectivity index (χ0n) is 12.0. The van der Waals surface area contributed by atoms with Crippen molar-refractivity contribution >= 4 is 5.82 Å². The first-order chi connectivity index (χ1) is 10.4. The average molecular weight is 277 g/mol. The zero-order chi connectivity index (χ0) is 14.5. The van der Waals surface area contributed by atoms with Crippen molar-refractivity contribution in [2.45, 2.75) is 37.6 Å². The van der Waals surface area contributed by atoms with E-state index in [9.17, 15) is 0 Å². The molecule has 0 radical (unpaired) electrons. The molecule has 0 spiro atoms. The number of hydrogen-bond acceptors (Lipinski definition) is 3. The van der Waals surface area contributed by atoms with E-state index >= 15 is 0 Å². The van der Waals surface area contributed by atoms with Crippen molar-refractivity contribution in [3.05, 3.63) is 59.8 Å². The molecule has 2 aromatic rings. The van der Waals surface area contributed by atoms with E-state index in [2.05, 4.69) is 46.7 Å². The minimum Gasteiger partial charge on any atom is -0.367 e. The van der Waals surface area contributed by atoms with Crippen LogP contribution in [0.1, 0.15) is 42.7 Å². The number of aromatic nitrogens is 1. The predicted octanol–water partition coefficient (Wildman–Crippen LogP) is 4.09. The second-order valence-electron chi connectivity index (χ2n) is 5.60. The summed E-state index contributed by atoms with van der Waals surface area (Å²) in [6, 6.07) is 17.0. The molecule has 106 valence electrons. The zero-order valence-corrected chi connectivity index (χ0v) is 12.0. The highest BCUT2D eigenvalue weighted by molar-refractivity contribution is 5.41. The summed E-state index contributed by atoms with van der Waals surface area (Å²) >= 11 is 0. The lowest BCUT2D eigenvalue weighted by molar-refractivity contribution is 0.404. The Morgan fingerprint density at radius 2 is 1.86 bits per heavy atom. The Morgan fingerprint density at radius 1 is 1.05 bits per heavy atom. The van der Waals surface area contributed by atoms with E-state index in [0.717, 1.165) is 5.82 Å². The number of anilines is 1. The van der Waals surface area contributed by atoms with Crippen LogP contribution in [0.25, 0.3) is 0 Å². The fourth-order valence-electron chi connectivity index (χ4n) is 3.14. The van der Waals surface area contributed by atoms with Crippen LogP contribution in [-0.4, -0.2) is 11.0 Å². The third-order valence-electron chi connectivity index (χ3n) is 4.22. The van der Waals surface area contributed by atoms with Crippen molar-refractivity contribution in [2.75, 3.05) is 5.32 Å². The molecule has 3 rings (SSSR count). The predicted molar refractivity (Wildman–Crippen MR) is 84.0 cm³/mol. The molecule has 0 aliphatic heterocycles. The standard InChI is InChI=1S/C18H19N3/c19-12-14-10-11-18(20-13-14)21-17-9-5-4-8-16(17)15-6-2-1-3-7-15/h1-3,6-7,10-11,13,16-17H,4-5,8-9H2,(H,20,21)/t16-,17+/m0/s1. The number of benzene rings is 1. The van der Waals surface area contributed by atoms with Crippen LogP contribution in [0.15, 0.2) is 48.7 Å². The van der Waals surface area contributed by atoms with Gasteiger partial charge < -0.3 is 5.32 Å². The smallest absolute Gasteiger partial charge is 0.126 e. The number of rotatable bonds is 3. The molecule has 21 heavy (non-hydrogen) atoms. The van der Waals surface area contributed by atoms with Gasteiger partial charge in [-0.05, 0) is 30.5 Å². The molecule has 1 saturated carbocycles. The number of pyridine rings is 1. The molecule has 0 unspecified atom stereocenters. The Balaban J connectivity index is 1.76. The first-order valence-corrected chi connectivity index (χ1v) is 7.54. The highest BCUT2D eigenvalue weighted by Gasteiger charge is 2.26. The van der Waals surface area contributed by atoms with Gasteiger partial charge in [0.05, 0.1) is 5.56 Å². The molecule has 0 bridgehead atoms. The highest BCUT2D eigenvalue weighted by Crippen LogP contribution is 2.34. The number of hydrogen-bond donors (Lipinski definition) is 1. The molecule has 0 amide bonds. The summed E-state index contributed by atoms with van der Waals surface area (Å²) in [6.07, 6.45) is 6.57. The summed E-state index contributed by atoms with van der Waals surface area (Å²) in [5.74, 6) is 1.40. The topological polar surface area (TPSA) is 48.7 Å². The van der Waals surface area contributed by atoms with E-state index in [0.29, 0.717) is 17.5 Å². The Bertz CT molecular complexity index is 613. The quantitative estimate of drug-likeness (QED) is 0.919. The van der Waals surface area contributed by atoms with Crippen LogP contribution >= 0.6 is 0 Å². The first-order valence-electron chi connectivity index (χ1n) is 7.54. The van der Waals surface area contributed by atoms with Gasteiger partial charge in [-0.15, -0.1) is 0 Å². The molecule has 1 aliphatic rings. The van der Waals surface area contributed by atoms with Crippen molar-refractivity contribution in [3.63, 3.8) is 0 Å². The average Bonchev–Trinajstić information content (AvgIpc) is 2.57. The molecule has 0 saturated heterocycles. The van der Waals surface area contributed by atoms with E-state index in [-0.39, 0.29) is 0 Å². The number of nitrogens with zero attached hydrogens (tertiary/aromatic N) is 2. The molecule has 1 aliphatic carbocycles.